The number of nitrogens with zero attached hydrogens (tertiary/aromatic N) is 5. The van der Waals surface area contributed by atoms with Crippen molar-refractivity contribution in [1.29, 1.82) is 0 Å². The van der Waals surface area contributed by atoms with Gasteiger partial charge in [0.15, 0.2) is 5.52 Å². The number of piperidine rings is 2. The molecule has 2 aliphatic heterocycles. The Hall–Kier alpha value is -3.40. The maximum absolute atomic E-state index is 13.9. The first kappa shape index (κ1) is 25.9. The summed E-state index contributed by atoms with van der Waals surface area (Å²) in [6.07, 6.45) is 4.71. The molecule has 0 unspecified atom stereocenters. The van der Waals surface area contributed by atoms with Crippen molar-refractivity contribution in [2.75, 3.05) is 26.2 Å². The van der Waals surface area contributed by atoms with Gasteiger partial charge in [0.25, 0.3) is 5.56 Å². The van der Waals surface area contributed by atoms with Crippen LogP contribution in [0.5, 0.6) is 0 Å². The predicted molar refractivity (Wildman–Crippen MR) is 151 cm³/mol. The summed E-state index contributed by atoms with van der Waals surface area (Å²) in [6, 6.07) is 18.2. The molecule has 9 heteroatoms. The first-order valence-electron chi connectivity index (χ1n) is 13.6. The SMILES string of the molecule is O=C([C@@H]1CCN(Cc2ccccc2)C[C@H]1c1cccs1)N1CCC(O)(Cn2cnc3cccnc3c2=O)CC1. The van der Waals surface area contributed by atoms with Crippen LogP contribution in [0.2, 0.25) is 0 Å². The molecular weight excluding hydrogens is 510 g/mol. The minimum absolute atomic E-state index is 0.0692. The smallest absolute Gasteiger partial charge is 0.279 e. The molecule has 2 atom stereocenters. The number of aromatic nitrogens is 3. The summed E-state index contributed by atoms with van der Waals surface area (Å²) in [6.45, 7) is 3.73. The summed E-state index contributed by atoms with van der Waals surface area (Å²) < 4.78 is 1.45. The van der Waals surface area contributed by atoms with Crippen molar-refractivity contribution in [3.05, 3.63) is 93.3 Å². The van der Waals surface area contributed by atoms with Crippen LogP contribution in [-0.2, 0) is 17.9 Å². The number of carbonyl (C=O) groups excluding carboxylic acids is 1. The number of amides is 1. The number of carbonyl (C=O) groups is 1. The van der Waals surface area contributed by atoms with Crippen LogP contribution in [0.4, 0.5) is 0 Å². The molecular formula is C30H33N5O3S. The van der Waals surface area contributed by atoms with Crippen molar-refractivity contribution < 1.29 is 9.90 Å². The van der Waals surface area contributed by atoms with E-state index in [1.165, 1.54) is 21.3 Å². The molecule has 6 rings (SSSR count). The van der Waals surface area contributed by atoms with E-state index in [0.717, 1.165) is 26.1 Å². The molecule has 4 aromatic rings. The van der Waals surface area contributed by atoms with Crippen molar-refractivity contribution in [3.8, 4) is 0 Å². The van der Waals surface area contributed by atoms with Gasteiger partial charge in [0.2, 0.25) is 5.91 Å². The fourth-order valence-corrected chi connectivity index (χ4v) is 6.93. The van der Waals surface area contributed by atoms with Crippen LogP contribution in [0.25, 0.3) is 11.0 Å². The highest BCUT2D eigenvalue weighted by atomic mass is 32.1. The van der Waals surface area contributed by atoms with Gasteiger partial charge >= 0.3 is 0 Å². The van der Waals surface area contributed by atoms with E-state index in [9.17, 15) is 14.7 Å². The van der Waals surface area contributed by atoms with E-state index >= 15 is 0 Å². The van der Waals surface area contributed by atoms with Crippen molar-refractivity contribution in [3.63, 3.8) is 0 Å². The number of aliphatic hydroxyl groups is 1. The van der Waals surface area contributed by atoms with Gasteiger partial charge < -0.3 is 10.0 Å². The molecule has 0 bridgehead atoms. The van der Waals surface area contributed by atoms with E-state index in [1.807, 2.05) is 11.0 Å². The monoisotopic (exact) mass is 543 g/mol. The number of hydrogen-bond donors (Lipinski definition) is 1. The standard InChI is InChI=1S/C30H33N5O3S/c36-28(23-10-14-33(18-22-6-2-1-3-7-22)19-24(23)26-9-5-17-39-26)34-15-11-30(38,12-16-34)20-35-21-32-25-8-4-13-31-27(25)29(35)37/h1-9,13,17,21,23-24,38H,10-12,14-16,18-20H2/t23-,24-/m1/s1. The third kappa shape index (κ3) is 5.52. The zero-order valence-corrected chi connectivity index (χ0v) is 22.7. The zero-order valence-electron chi connectivity index (χ0n) is 21.9. The molecule has 2 fully saturated rings. The fourth-order valence-electron chi connectivity index (χ4n) is 6.04. The second-order valence-corrected chi connectivity index (χ2v) is 11.8. The Labute approximate surface area is 231 Å². The number of likely N-dealkylation sites (tertiary alicyclic amines) is 2. The lowest BCUT2D eigenvalue weighted by molar-refractivity contribution is -0.142. The van der Waals surface area contributed by atoms with E-state index in [0.29, 0.717) is 37.0 Å². The zero-order chi connectivity index (χ0) is 26.8. The van der Waals surface area contributed by atoms with Crippen molar-refractivity contribution in [2.24, 2.45) is 5.92 Å². The third-order valence-corrected chi connectivity index (χ3v) is 9.23. The highest BCUT2D eigenvalue weighted by Crippen LogP contribution is 2.37. The quantitative estimate of drug-likeness (QED) is 0.400. The molecule has 1 N–H and O–H groups in total. The summed E-state index contributed by atoms with van der Waals surface area (Å²) in [7, 11) is 0. The van der Waals surface area contributed by atoms with Crippen molar-refractivity contribution >= 4 is 28.3 Å². The molecule has 2 aliphatic rings. The summed E-state index contributed by atoms with van der Waals surface area (Å²) >= 11 is 1.73. The molecule has 1 amide bonds. The van der Waals surface area contributed by atoms with Gasteiger partial charge in [0.05, 0.1) is 24.0 Å². The first-order valence-corrected chi connectivity index (χ1v) is 14.5. The Morgan fingerprint density at radius 2 is 1.85 bits per heavy atom. The predicted octanol–water partition coefficient (Wildman–Crippen LogP) is 3.51. The number of pyridine rings is 1. The molecule has 0 radical (unpaired) electrons. The first-order chi connectivity index (χ1) is 19.0. The maximum atomic E-state index is 13.9. The Morgan fingerprint density at radius 3 is 2.62 bits per heavy atom. The number of rotatable bonds is 6. The largest absolute Gasteiger partial charge is 0.388 e. The van der Waals surface area contributed by atoms with Crippen molar-refractivity contribution in [1.82, 2.24) is 24.3 Å². The lowest BCUT2D eigenvalue weighted by atomic mass is 9.82. The van der Waals surface area contributed by atoms with Gasteiger partial charge in [-0.15, -0.1) is 11.3 Å². The average Bonchev–Trinajstić information content (AvgIpc) is 3.51. The number of thiophene rings is 1. The van der Waals surface area contributed by atoms with Crippen LogP contribution in [-0.4, -0.2) is 67.1 Å². The summed E-state index contributed by atoms with van der Waals surface area (Å²) in [5.41, 5.74) is 0.806. The average molecular weight is 544 g/mol. The summed E-state index contributed by atoms with van der Waals surface area (Å²) in [4.78, 5) is 40.9. The van der Waals surface area contributed by atoms with E-state index in [4.69, 9.17) is 0 Å². The molecule has 1 aromatic carbocycles. The van der Waals surface area contributed by atoms with Crippen LogP contribution in [0.1, 0.15) is 35.6 Å². The molecule has 5 heterocycles. The second kappa shape index (κ2) is 11.0. The normalized spacial score (nSPS) is 21.7. The van der Waals surface area contributed by atoms with E-state index in [1.54, 1.807) is 29.7 Å². The molecule has 8 nitrogen and oxygen atoms in total. The van der Waals surface area contributed by atoms with Crippen LogP contribution < -0.4 is 5.56 Å². The van der Waals surface area contributed by atoms with E-state index in [-0.39, 0.29) is 29.8 Å². The van der Waals surface area contributed by atoms with Crippen LogP contribution in [0.15, 0.2) is 77.3 Å². The van der Waals surface area contributed by atoms with Gasteiger partial charge in [-0.3, -0.25) is 19.1 Å². The Morgan fingerprint density at radius 1 is 1.03 bits per heavy atom. The van der Waals surface area contributed by atoms with Gasteiger partial charge in [-0.1, -0.05) is 36.4 Å². The highest BCUT2D eigenvalue weighted by Gasteiger charge is 2.41. The summed E-state index contributed by atoms with van der Waals surface area (Å²) in [5, 5.41) is 13.4. The molecule has 0 saturated carbocycles. The number of benzene rings is 1. The van der Waals surface area contributed by atoms with Crippen molar-refractivity contribution in [2.45, 2.75) is 43.9 Å². The van der Waals surface area contributed by atoms with Gasteiger partial charge in [-0.05, 0) is 54.9 Å². The van der Waals surface area contributed by atoms with Gasteiger partial charge in [-0.2, -0.15) is 0 Å². The summed E-state index contributed by atoms with van der Waals surface area (Å²) in [5.74, 6) is 0.273. The second-order valence-electron chi connectivity index (χ2n) is 10.8. The lowest BCUT2D eigenvalue weighted by Gasteiger charge is -2.43. The molecule has 39 heavy (non-hydrogen) atoms. The highest BCUT2D eigenvalue weighted by molar-refractivity contribution is 7.10. The number of fused-ring (bicyclic) bond motifs is 1. The molecule has 202 valence electrons. The molecule has 3 aromatic heterocycles. The fraction of sp³-hybridized carbons (Fsp3) is 0.400. The minimum atomic E-state index is -1.07. The minimum Gasteiger partial charge on any atom is -0.388 e. The molecule has 2 saturated heterocycles. The lowest BCUT2D eigenvalue weighted by Crippen LogP contribution is -2.53. The molecule has 0 aliphatic carbocycles. The van der Waals surface area contributed by atoms with Gasteiger partial charge in [0.1, 0.15) is 0 Å². The van der Waals surface area contributed by atoms with Gasteiger partial charge in [0, 0.05) is 49.1 Å². The number of hydrogen-bond acceptors (Lipinski definition) is 7. The van der Waals surface area contributed by atoms with Crippen LogP contribution in [0, 0.1) is 5.92 Å². The van der Waals surface area contributed by atoms with E-state index in [2.05, 4.69) is 56.6 Å². The third-order valence-electron chi connectivity index (χ3n) is 8.23. The Bertz CT molecular complexity index is 1480. The van der Waals surface area contributed by atoms with Crippen LogP contribution in [0.3, 0.4) is 0 Å². The topological polar surface area (TPSA) is 91.6 Å². The maximum Gasteiger partial charge on any atom is 0.279 e. The van der Waals surface area contributed by atoms with Crippen LogP contribution >= 0.6 is 11.3 Å². The van der Waals surface area contributed by atoms with Gasteiger partial charge in [-0.25, -0.2) is 9.97 Å². The Balaban J connectivity index is 1.12. The Kier molecular flexibility index (Phi) is 7.29. The van der Waals surface area contributed by atoms with E-state index < -0.39 is 5.60 Å². The molecule has 0 spiro atoms.